The lowest BCUT2D eigenvalue weighted by atomic mass is 10.0. The van der Waals surface area contributed by atoms with E-state index in [1.165, 1.54) is 12.8 Å². The van der Waals surface area contributed by atoms with Gasteiger partial charge in [0.15, 0.2) is 0 Å². The molecule has 1 atom stereocenters. The number of aromatic nitrogens is 1. The molecule has 0 aliphatic heterocycles. The molecular weight excluding hydrogens is 284 g/mol. The molecule has 17 heavy (non-hydrogen) atoms. The van der Waals surface area contributed by atoms with Gasteiger partial charge >= 0.3 is 0 Å². The van der Waals surface area contributed by atoms with Crippen LogP contribution in [0, 0.1) is 5.92 Å². The Labute approximate surface area is 109 Å². The normalized spacial score (nSPS) is 18.2. The number of amides is 1. The summed E-state index contributed by atoms with van der Waals surface area (Å²) in [5.41, 5.74) is 0.510. The van der Waals surface area contributed by atoms with E-state index in [1.54, 1.807) is 12.3 Å². The van der Waals surface area contributed by atoms with Crippen molar-refractivity contribution in [1.82, 2.24) is 10.3 Å². The zero-order valence-corrected chi connectivity index (χ0v) is 11.2. The molecule has 0 bridgehead atoms. The average molecular weight is 301 g/mol. The number of nitrogens with one attached hydrogen (secondary N) is 2. The molecule has 0 spiro atoms. The van der Waals surface area contributed by atoms with Crippen molar-refractivity contribution >= 4 is 21.8 Å². The number of aromatic amines is 1. The minimum absolute atomic E-state index is 0.173. The number of aliphatic hydroxyl groups is 1. The first-order valence-electron chi connectivity index (χ1n) is 5.97. The fourth-order valence-corrected chi connectivity index (χ4v) is 2.64. The van der Waals surface area contributed by atoms with Gasteiger partial charge in [0.05, 0.1) is 6.10 Å². The Bertz CT molecular complexity index is 386. The van der Waals surface area contributed by atoms with E-state index in [9.17, 15) is 9.90 Å². The quantitative estimate of drug-likeness (QED) is 0.797. The van der Waals surface area contributed by atoms with Gasteiger partial charge in [0, 0.05) is 17.2 Å². The summed E-state index contributed by atoms with van der Waals surface area (Å²) in [6, 6.07) is 1.72. The number of rotatable bonds is 4. The van der Waals surface area contributed by atoms with Crippen molar-refractivity contribution in [2.75, 3.05) is 6.54 Å². The van der Waals surface area contributed by atoms with Crippen molar-refractivity contribution < 1.29 is 9.90 Å². The van der Waals surface area contributed by atoms with Crippen LogP contribution in [0.3, 0.4) is 0 Å². The monoisotopic (exact) mass is 300 g/mol. The standard InChI is InChI=1S/C12H17BrN2O2/c13-9-5-10(14-6-9)12(17)15-7-11(16)8-3-1-2-4-8/h5-6,8,11,14,16H,1-4,7H2,(H,15,17). The maximum atomic E-state index is 11.7. The Balaban J connectivity index is 1.79. The van der Waals surface area contributed by atoms with E-state index in [2.05, 4.69) is 26.2 Å². The summed E-state index contributed by atoms with van der Waals surface area (Å²) in [4.78, 5) is 14.6. The van der Waals surface area contributed by atoms with E-state index in [1.807, 2.05) is 0 Å². The van der Waals surface area contributed by atoms with Crippen LogP contribution in [-0.2, 0) is 0 Å². The minimum atomic E-state index is -0.417. The molecule has 1 aromatic rings. The molecule has 1 amide bonds. The van der Waals surface area contributed by atoms with Gasteiger partial charge in [-0.3, -0.25) is 4.79 Å². The summed E-state index contributed by atoms with van der Waals surface area (Å²) < 4.78 is 0.846. The van der Waals surface area contributed by atoms with Crippen molar-refractivity contribution in [2.24, 2.45) is 5.92 Å². The van der Waals surface area contributed by atoms with Gasteiger partial charge in [-0.1, -0.05) is 12.8 Å². The molecule has 1 aliphatic carbocycles. The molecule has 2 rings (SSSR count). The van der Waals surface area contributed by atoms with Crippen LogP contribution in [0.15, 0.2) is 16.7 Å². The second-order valence-electron chi connectivity index (χ2n) is 4.55. The minimum Gasteiger partial charge on any atom is -0.391 e. The molecule has 5 heteroatoms. The Morgan fingerprint density at radius 3 is 2.88 bits per heavy atom. The second kappa shape index (κ2) is 5.69. The van der Waals surface area contributed by atoms with Crippen LogP contribution in [0.5, 0.6) is 0 Å². The number of carbonyl (C=O) groups is 1. The van der Waals surface area contributed by atoms with Crippen LogP contribution < -0.4 is 5.32 Å². The number of hydrogen-bond donors (Lipinski definition) is 3. The lowest BCUT2D eigenvalue weighted by Gasteiger charge is -2.17. The highest BCUT2D eigenvalue weighted by molar-refractivity contribution is 9.10. The van der Waals surface area contributed by atoms with Crippen LogP contribution >= 0.6 is 15.9 Å². The van der Waals surface area contributed by atoms with E-state index < -0.39 is 6.10 Å². The van der Waals surface area contributed by atoms with Gasteiger partial charge in [-0.2, -0.15) is 0 Å². The number of aliphatic hydroxyl groups excluding tert-OH is 1. The van der Waals surface area contributed by atoms with Gasteiger partial charge in [-0.15, -0.1) is 0 Å². The van der Waals surface area contributed by atoms with Crippen LogP contribution in [0.4, 0.5) is 0 Å². The molecule has 1 fully saturated rings. The molecule has 94 valence electrons. The highest BCUT2D eigenvalue weighted by Crippen LogP contribution is 2.27. The predicted octanol–water partition coefficient (Wildman–Crippen LogP) is 2.06. The van der Waals surface area contributed by atoms with Gasteiger partial charge in [0.25, 0.3) is 5.91 Å². The van der Waals surface area contributed by atoms with Crippen LogP contribution in [0.1, 0.15) is 36.2 Å². The largest absolute Gasteiger partial charge is 0.391 e. The lowest BCUT2D eigenvalue weighted by Crippen LogP contribution is -2.35. The maximum absolute atomic E-state index is 11.7. The fourth-order valence-electron chi connectivity index (χ4n) is 2.30. The first-order valence-corrected chi connectivity index (χ1v) is 6.76. The third-order valence-electron chi connectivity index (χ3n) is 3.31. The smallest absolute Gasteiger partial charge is 0.267 e. The Morgan fingerprint density at radius 1 is 1.59 bits per heavy atom. The van der Waals surface area contributed by atoms with Crippen LogP contribution in [0.2, 0.25) is 0 Å². The van der Waals surface area contributed by atoms with Crippen LogP contribution in [-0.4, -0.2) is 28.6 Å². The summed E-state index contributed by atoms with van der Waals surface area (Å²) in [5, 5.41) is 12.7. The molecule has 0 saturated heterocycles. The van der Waals surface area contributed by atoms with Crippen LogP contribution in [0.25, 0.3) is 0 Å². The highest BCUT2D eigenvalue weighted by atomic mass is 79.9. The average Bonchev–Trinajstić information content (AvgIpc) is 2.95. The zero-order chi connectivity index (χ0) is 12.3. The topological polar surface area (TPSA) is 65.1 Å². The maximum Gasteiger partial charge on any atom is 0.267 e. The summed E-state index contributed by atoms with van der Waals surface area (Å²) in [7, 11) is 0. The van der Waals surface area contributed by atoms with Gasteiger partial charge < -0.3 is 15.4 Å². The highest BCUT2D eigenvalue weighted by Gasteiger charge is 2.23. The first-order chi connectivity index (χ1) is 8.16. The molecule has 1 aromatic heterocycles. The lowest BCUT2D eigenvalue weighted by molar-refractivity contribution is 0.0837. The van der Waals surface area contributed by atoms with E-state index in [-0.39, 0.29) is 5.91 Å². The van der Waals surface area contributed by atoms with Crippen molar-refractivity contribution in [3.05, 3.63) is 22.4 Å². The number of halogens is 1. The van der Waals surface area contributed by atoms with Crippen molar-refractivity contribution in [1.29, 1.82) is 0 Å². The molecule has 0 aromatic carbocycles. The predicted molar refractivity (Wildman–Crippen MR) is 68.8 cm³/mol. The Hall–Kier alpha value is -0.810. The summed E-state index contributed by atoms with van der Waals surface area (Å²) in [6.07, 6.45) is 5.83. The van der Waals surface area contributed by atoms with Gasteiger partial charge in [-0.25, -0.2) is 0 Å². The Morgan fingerprint density at radius 2 is 2.29 bits per heavy atom. The van der Waals surface area contributed by atoms with E-state index in [0.717, 1.165) is 17.3 Å². The second-order valence-corrected chi connectivity index (χ2v) is 5.47. The van der Waals surface area contributed by atoms with Crippen molar-refractivity contribution in [3.8, 4) is 0 Å². The van der Waals surface area contributed by atoms with Crippen molar-refractivity contribution in [2.45, 2.75) is 31.8 Å². The Kier molecular flexibility index (Phi) is 4.23. The third-order valence-corrected chi connectivity index (χ3v) is 3.77. The fraction of sp³-hybridized carbons (Fsp3) is 0.583. The van der Waals surface area contributed by atoms with E-state index >= 15 is 0 Å². The summed E-state index contributed by atoms with van der Waals surface area (Å²) in [6.45, 7) is 0.333. The number of carbonyl (C=O) groups excluding carboxylic acids is 1. The van der Waals surface area contributed by atoms with E-state index in [4.69, 9.17) is 0 Å². The molecule has 4 nitrogen and oxygen atoms in total. The molecule has 1 saturated carbocycles. The van der Waals surface area contributed by atoms with Gasteiger partial charge in [0.2, 0.25) is 0 Å². The first kappa shape index (κ1) is 12.6. The molecular formula is C12H17BrN2O2. The molecule has 1 unspecified atom stereocenters. The molecule has 1 heterocycles. The zero-order valence-electron chi connectivity index (χ0n) is 9.58. The number of hydrogen-bond acceptors (Lipinski definition) is 2. The SMILES string of the molecule is O=C(NCC(O)C1CCCC1)c1cc(Br)c[nH]1. The van der Waals surface area contributed by atoms with E-state index in [0.29, 0.717) is 18.2 Å². The molecule has 0 radical (unpaired) electrons. The van der Waals surface area contributed by atoms with Gasteiger partial charge in [-0.05, 0) is 40.8 Å². The van der Waals surface area contributed by atoms with Crippen molar-refractivity contribution in [3.63, 3.8) is 0 Å². The molecule has 3 N–H and O–H groups in total. The third kappa shape index (κ3) is 3.33. The summed E-state index contributed by atoms with van der Waals surface area (Å²) >= 11 is 3.27. The summed E-state index contributed by atoms with van der Waals surface area (Å²) in [5.74, 6) is 0.179. The molecule has 1 aliphatic rings. The number of H-pyrrole nitrogens is 1. The van der Waals surface area contributed by atoms with Gasteiger partial charge in [0.1, 0.15) is 5.69 Å².